The SMILES string of the molecule is O=C(Nc1ncc(Br)s1)c1ccc(C(F)(F)F)cn1. The molecule has 9 heteroatoms. The van der Waals surface area contributed by atoms with E-state index >= 15 is 0 Å². The summed E-state index contributed by atoms with van der Waals surface area (Å²) < 4.78 is 37.7. The van der Waals surface area contributed by atoms with Crippen LogP contribution in [0, 0.1) is 0 Å². The van der Waals surface area contributed by atoms with Gasteiger partial charge in [0.15, 0.2) is 5.13 Å². The number of carbonyl (C=O) groups excluding carboxylic acids is 1. The van der Waals surface area contributed by atoms with Crippen molar-refractivity contribution >= 4 is 38.3 Å². The lowest BCUT2D eigenvalue weighted by atomic mass is 10.2. The predicted molar refractivity (Wildman–Crippen MR) is 67.0 cm³/mol. The summed E-state index contributed by atoms with van der Waals surface area (Å²) >= 11 is 4.36. The van der Waals surface area contributed by atoms with Crippen LogP contribution >= 0.6 is 27.3 Å². The summed E-state index contributed by atoms with van der Waals surface area (Å²) in [6.07, 6.45) is -2.35. The minimum atomic E-state index is -4.47. The lowest BCUT2D eigenvalue weighted by molar-refractivity contribution is -0.137. The van der Waals surface area contributed by atoms with Crippen molar-refractivity contribution in [1.29, 1.82) is 0 Å². The summed E-state index contributed by atoms with van der Waals surface area (Å²) in [6, 6.07) is 1.82. The van der Waals surface area contributed by atoms with Crippen LogP contribution in [0.2, 0.25) is 0 Å². The molecule has 0 aromatic carbocycles. The molecule has 2 rings (SSSR count). The molecule has 0 bridgehead atoms. The third-order valence-electron chi connectivity index (χ3n) is 2.02. The van der Waals surface area contributed by atoms with Gasteiger partial charge >= 0.3 is 6.18 Å². The second kappa shape index (κ2) is 5.25. The summed E-state index contributed by atoms with van der Waals surface area (Å²) in [7, 11) is 0. The lowest BCUT2D eigenvalue weighted by Gasteiger charge is -2.06. The molecule has 0 fully saturated rings. The first kappa shape index (κ1) is 13.9. The van der Waals surface area contributed by atoms with Crippen molar-refractivity contribution in [2.45, 2.75) is 6.18 Å². The van der Waals surface area contributed by atoms with Gasteiger partial charge in [0.05, 0.1) is 15.5 Å². The molecule has 0 radical (unpaired) electrons. The number of carbonyl (C=O) groups is 1. The number of aromatic nitrogens is 2. The molecular formula is C10H5BrF3N3OS. The van der Waals surface area contributed by atoms with Crippen molar-refractivity contribution < 1.29 is 18.0 Å². The van der Waals surface area contributed by atoms with Crippen molar-refractivity contribution in [1.82, 2.24) is 9.97 Å². The fraction of sp³-hybridized carbons (Fsp3) is 0.100. The van der Waals surface area contributed by atoms with Crippen LogP contribution in [0.1, 0.15) is 16.1 Å². The average Bonchev–Trinajstić information content (AvgIpc) is 2.74. The van der Waals surface area contributed by atoms with E-state index in [0.717, 1.165) is 15.9 Å². The first-order valence-corrected chi connectivity index (χ1v) is 6.43. The quantitative estimate of drug-likeness (QED) is 0.899. The molecule has 100 valence electrons. The fourth-order valence-corrected chi connectivity index (χ4v) is 2.27. The Morgan fingerprint density at radius 1 is 1.26 bits per heavy atom. The van der Waals surface area contributed by atoms with Gasteiger partial charge in [-0.15, -0.1) is 0 Å². The van der Waals surface area contributed by atoms with Gasteiger partial charge in [0.2, 0.25) is 0 Å². The van der Waals surface area contributed by atoms with E-state index < -0.39 is 17.6 Å². The maximum atomic E-state index is 12.3. The van der Waals surface area contributed by atoms with E-state index in [0.29, 0.717) is 11.3 Å². The van der Waals surface area contributed by atoms with E-state index in [1.54, 1.807) is 0 Å². The van der Waals surface area contributed by atoms with Gasteiger partial charge in [0.25, 0.3) is 5.91 Å². The number of nitrogens with one attached hydrogen (secondary N) is 1. The smallest absolute Gasteiger partial charge is 0.296 e. The molecule has 1 N–H and O–H groups in total. The molecule has 0 aliphatic carbocycles. The Hall–Kier alpha value is -1.48. The molecule has 1 amide bonds. The van der Waals surface area contributed by atoms with E-state index in [2.05, 4.69) is 31.2 Å². The third kappa shape index (κ3) is 3.51. The molecule has 0 unspecified atom stereocenters. The Labute approximate surface area is 117 Å². The maximum absolute atomic E-state index is 12.3. The van der Waals surface area contributed by atoms with Gasteiger partial charge in [-0.05, 0) is 28.1 Å². The van der Waals surface area contributed by atoms with Gasteiger partial charge in [0.1, 0.15) is 5.69 Å². The van der Waals surface area contributed by atoms with E-state index in [4.69, 9.17) is 0 Å². The maximum Gasteiger partial charge on any atom is 0.417 e. The number of rotatable bonds is 2. The molecule has 2 aromatic rings. The number of halogens is 4. The minimum absolute atomic E-state index is 0.112. The Morgan fingerprint density at radius 3 is 2.47 bits per heavy atom. The van der Waals surface area contributed by atoms with Gasteiger partial charge in [-0.1, -0.05) is 11.3 Å². The van der Waals surface area contributed by atoms with Crippen molar-refractivity contribution in [2.24, 2.45) is 0 Å². The van der Waals surface area contributed by atoms with Crippen molar-refractivity contribution in [3.05, 3.63) is 39.6 Å². The molecule has 4 nitrogen and oxygen atoms in total. The molecule has 0 aliphatic heterocycles. The van der Waals surface area contributed by atoms with Crippen LogP contribution in [-0.2, 0) is 6.18 Å². The zero-order valence-electron chi connectivity index (χ0n) is 9.03. The summed E-state index contributed by atoms with van der Waals surface area (Å²) in [6.45, 7) is 0. The molecule has 0 saturated carbocycles. The predicted octanol–water partition coefficient (Wildman–Crippen LogP) is 3.57. The summed E-state index contributed by atoms with van der Waals surface area (Å²) in [5.74, 6) is -0.615. The highest BCUT2D eigenvalue weighted by molar-refractivity contribution is 9.11. The summed E-state index contributed by atoms with van der Waals surface area (Å²) in [5.41, 5.74) is -1.01. The Bertz CT molecular complexity index is 597. The number of hydrogen-bond acceptors (Lipinski definition) is 4. The second-order valence-corrected chi connectivity index (χ2v) is 5.76. The van der Waals surface area contributed by atoms with Gasteiger partial charge < -0.3 is 0 Å². The van der Waals surface area contributed by atoms with Crippen LogP contribution in [0.5, 0.6) is 0 Å². The van der Waals surface area contributed by atoms with Crippen molar-refractivity contribution in [3.8, 4) is 0 Å². The van der Waals surface area contributed by atoms with Crippen LogP contribution < -0.4 is 5.32 Å². The standard InChI is InChI=1S/C10H5BrF3N3OS/c11-7-4-16-9(19-7)17-8(18)6-2-1-5(3-15-6)10(12,13)14/h1-4H,(H,16,17,18). The monoisotopic (exact) mass is 351 g/mol. The van der Waals surface area contributed by atoms with Crippen LogP contribution in [-0.4, -0.2) is 15.9 Å². The Morgan fingerprint density at radius 2 is 2.00 bits per heavy atom. The second-order valence-electron chi connectivity index (χ2n) is 3.35. The molecule has 0 aliphatic rings. The molecule has 19 heavy (non-hydrogen) atoms. The summed E-state index contributed by atoms with van der Waals surface area (Å²) in [5, 5.41) is 2.76. The largest absolute Gasteiger partial charge is 0.417 e. The van der Waals surface area contributed by atoms with Gasteiger partial charge in [-0.3, -0.25) is 15.1 Å². The molecule has 0 saturated heterocycles. The minimum Gasteiger partial charge on any atom is -0.296 e. The number of pyridine rings is 1. The molecule has 0 atom stereocenters. The molecular weight excluding hydrogens is 347 g/mol. The highest BCUT2D eigenvalue weighted by atomic mass is 79.9. The number of nitrogens with zero attached hydrogens (tertiary/aromatic N) is 2. The Kier molecular flexibility index (Phi) is 3.85. The highest BCUT2D eigenvalue weighted by Crippen LogP contribution is 2.28. The number of alkyl halides is 3. The van der Waals surface area contributed by atoms with E-state index in [9.17, 15) is 18.0 Å². The zero-order valence-corrected chi connectivity index (χ0v) is 11.4. The molecule has 0 spiro atoms. The van der Waals surface area contributed by atoms with Gasteiger partial charge in [-0.2, -0.15) is 13.2 Å². The number of hydrogen-bond donors (Lipinski definition) is 1. The van der Waals surface area contributed by atoms with Crippen molar-refractivity contribution in [2.75, 3.05) is 5.32 Å². The molecule has 2 aromatic heterocycles. The Balaban J connectivity index is 2.12. The van der Waals surface area contributed by atoms with Crippen LogP contribution in [0.4, 0.5) is 18.3 Å². The van der Waals surface area contributed by atoms with E-state index in [1.165, 1.54) is 17.5 Å². The zero-order chi connectivity index (χ0) is 14.0. The third-order valence-corrected chi connectivity index (χ3v) is 3.41. The first-order valence-electron chi connectivity index (χ1n) is 4.82. The van der Waals surface area contributed by atoms with E-state index in [1.807, 2.05) is 0 Å². The lowest BCUT2D eigenvalue weighted by Crippen LogP contribution is -2.14. The van der Waals surface area contributed by atoms with Gasteiger partial charge in [-0.25, -0.2) is 4.98 Å². The molecule has 2 heterocycles. The van der Waals surface area contributed by atoms with Gasteiger partial charge in [0, 0.05) is 6.20 Å². The summed E-state index contributed by atoms with van der Waals surface area (Å²) in [4.78, 5) is 19.0. The normalized spacial score (nSPS) is 11.4. The topological polar surface area (TPSA) is 54.9 Å². The highest BCUT2D eigenvalue weighted by Gasteiger charge is 2.30. The van der Waals surface area contributed by atoms with Crippen molar-refractivity contribution in [3.63, 3.8) is 0 Å². The van der Waals surface area contributed by atoms with E-state index in [-0.39, 0.29) is 5.69 Å². The number of amides is 1. The fourth-order valence-electron chi connectivity index (χ4n) is 1.17. The van der Waals surface area contributed by atoms with Crippen LogP contribution in [0.25, 0.3) is 0 Å². The number of thiazole rings is 1. The van der Waals surface area contributed by atoms with Crippen LogP contribution in [0.3, 0.4) is 0 Å². The van der Waals surface area contributed by atoms with Crippen LogP contribution in [0.15, 0.2) is 28.3 Å². The number of anilines is 1. The first-order chi connectivity index (χ1) is 8.86. The average molecular weight is 352 g/mol.